The first kappa shape index (κ1) is 13.9. The molecule has 0 spiro atoms. The van der Waals surface area contributed by atoms with Crippen LogP contribution in [0.5, 0.6) is 5.75 Å². The summed E-state index contributed by atoms with van der Waals surface area (Å²) < 4.78 is 5.56. The van der Waals surface area contributed by atoms with E-state index in [2.05, 4.69) is 10.3 Å². The number of hydrogen-bond donors (Lipinski definition) is 2. The Morgan fingerprint density at radius 2 is 2.05 bits per heavy atom. The summed E-state index contributed by atoms with van der Waals surface area (Å²) in [5, 5.41) is 12.0. The topological polar surface area (TPSA) is 71.5 Å². The highest BCUT2D eigenvalue weighted by atomic mass is 16.5. The van der Waals surface area contributed by atoms with Crippen LogP contribution in [0.4, 0.5) is 5.69 Å². The van der Waals surface area contributed by atoms with Gasteiger partial charge in [-0.15, -0.1) is 0 Å². The molecule has 1 heterocycles. The lowest BCUT2D eigenvalue weighted by Gasteiger charge is -2.08. The van der Waals surface area contributed by atoms with Crippen LogP contribution in [0.3, 0.4) is 0 Å². The number of nitrogens with one attached hydrogen (secondary N) is 1. The van der Waals surface area contributed by atoms with Crippen molar-refractivity contribution in [1.82, 2.24) is 4.98 Å². The van der Waals surface area contributed by atoms with Crippen LogP contribution in [-0.4, -0.2) is 29.2 Å². The second-order valence-corrected chi connectivity index (χ2v) is 4.18. The number of para-hydroxylation sites is 1. The van der Waals surface area contributed by atoms with Gasteiger partial charge in [0, 0.05) is 18.4 Å². The van der Waals surface area contributed by atoms with E-state index >= 15 is 0 Å². The highest BCUT2D eigenvalue weighted by Crippen LogP contribution is 2.10. The van der Waals surface area contributed by atoms with Crippen molar-refractivity contribution in [3.8, 4) is 5.75 Å². The van der Waals surface area contributed by atoms with E-state index in [9.17, 15) is 4.79 Å². The molecule has 1 aromatic heterocycles. The predicted molar refractivity (Wildman–Crippen MR) is 76.2 cm³/mol. The predicted octanol–water partition coefficient (Wildman–Crippen LogP) is 2.66. The van der Waals surface area contributed by atoms with Crippen LogP contribution in [0.15, 0.2) is 48.7 Å². The summed E-state index contributed by atoms with van der Waals surface area (Å²) in [7, 11) is 0. The van der Waals surface area contributed by atoms with E-state index in [4.69, 9.17) is 9.84 Å². The third kappa shape index (κ3) is 4.28. The molecule has 104 valence electrons. The molecule has 0 aliphatic carbocycles. The molecular weight excluding hydrogens is 256 g/mol. The lowest BCUT2D eigenvalue weighted by molar-refractivity contribution is 0.0690. The number of anilines is 1. The van der Waals surface area contributed by atoms with Crippen LogP contribution in [0.25, 0.3) is 0 Å². The maximum atomic E-state index is 10.8. The Balaban J connectivity index is 1.71. The summed E-state index contributed by atoms with van der Waals surface area (Å²) in [6.45, 7) is 1.31. The van der Waals surface area contributed by atoms with Crippen LogP contribution in [-0.2, 0) is 0 Å². The molecule has 0 fully saturated rings. The number of carbonyl (C=O) groups is 1. The van der Waals surface area contributed by atoms with Gasteiger partial charge in [-0.05, 0) is 30.7 Å². The van der Waals surface area contributed by atoms with Gasteiger partial charge in [0.15, 0.2) is 0 Å². The van der Waals surface area contributed by atoms with E-state index in [1.54, 1.807) is 6.07 Å². The molecule has 5 heteroatoms. The number of hydrogen-bond acceptors (Lipinski definition) is 4. The van der Waals surface area contributed by atoms with Crippen molar-refractivity contribution in [1.29, 1.82) is 0 Å². The van der Waals surface area contributed by atoms with E-state index in [0.29, 0.717) is 13.2 Å². The third-order valence-corrected chi connectivity index (χ3v) is 2.64. The monoisotopic (exact) mass is 272 g/mol. The minimum Gasteiger partial charge on any atom is -0.494 e. The number of aromatic carboxylic acids is 1. The zero-order valence-corrected chi connectivity index (χ0v) is 11.0. The van der Waals surface area contributed by atoms with Gasteiger partial charge < -0.3 is 15.2 Å². The summed E-state index contributed by atoms with van der Waals surface area (Å²) in [4.78, 5) is 14.5. The van der Waals surface area contributed by atoms with Crippen molar-refractivity contribution >= 4 is 11.7 Å². The number of ether oxygens (including phenoxy) is 1. The van der Waals surface area contributed by atoms with Gasteiger partial charge in [0.05, 0.1) is 6.61 Å². The van der Waals surface area contributed by atoms with Gasteiger partial charge in [0.25, 0.3) is 0 Å². The molecule has 0 bridgehead atoms. The van der Waals surface area contributed by atoms with Crippen LogP contribution < -0.4 is 10.1 Å². The molecule has 0 aliphatic rings. The first-order valence-corrected chi connectivity index (χ1v) is 6.37. The minimum atomic E-state index is -1.03. The Morgan fingerprint density at radius 3 is 2.80 bits per heavy atom. The lowest BCUT2D eigenvalue weighted by Crippen LogP contribution is -2.08. The smallest absolute Gasteiger partial charge is 0.354 e. The van der Waals surface area contributed by atoms with Crippen molar-refractivity contribution in [2.75, 3.05) is 18.5 Å². The highest BCUT2D eigenvalue weighted by molar-refractivity contribution is 5.86. The van der Waals surface area contributed by atoms with Crippen LogP contribution in [0.2, 0.25) is 0 Å². The number of rotatable bonds is 7. The second-order valence-electron chi connectivity index (χ2n) is 4.18. The molecule has 0 atom stereocenters. The normalized spacial score (nSPS) is 10.0. The highest BCUT2D eigenvalue weighted by Gasteiger charge is 2.04. The van der Waals surface area contributed by atoms with Crippen LogP contribution in [0.1, 0.15) is 16.9 Å². The summed E-state index contributed by atoms with van der Waals surface area (Å²) in [6.07, 6.45) is 2.30. The molecule has 1 aromatic carbocycles. The molecule has 5 nitrogen and oxygen atoms in total. The summed E-state index contributed by atoms with van der Waals surface area (Å²) in [5.41, 5.74) is 0.785. The zero-order chi connectivity index (χ0) is 14.2. The van der Waals surface area contributed by atoms with Crippen molar-refractivity contribution in [2.45, 2.75) is 6.42 Å². The fraction of sp³-hybridized carbons (Fsp3) is 0.200. The molecule has 2 N–H and O–H groups in total. The molecule has 0 saturated heterocycles. The molecule has 0 radical (unpaired) electrons. The van der Waals surface area contributed by atoms with Crippen LogP contribution >= 0.6 is 0 Å². The van der Waals surface area contributed by atoms with Crippen molar-refractivity contribution in [3.05, 3.63) is 54.4 Å². The molecule has 2 aromatic rings. The number of carboxylic acid groups (broad SMARTS) is 1. The molecule has 0 unspecified atom stereocenters. The quantitative estimate of drug-likeness (QED) is 0.758. The molecular formula is C15H16N2O3. The van der Waals surface area contributed by atoms with Gasteiger partial charge in [-0.1, -0.05) is 18.2 Å². The first-order chi connectivity index (χ1) is 9.75. The second kappa shape index (κ2) is 7.13. The number of carboxylic acids is 1. The maximum Gasteiger partial charge on any atom is 0.354 e. The van der Waals surface area contributed by atoms with Crippen LogP contribution in [0, 0.1) is 0 Å². The van der Waals surface area contributed by atoms with Crippen molar-refractivity contribution in [3.63, 3.8) is 0 Å². The average Bonchev–Trinajstić information content (AvgIpc) is 2.48. The largest absolute Gasteiger partial charge is 0.494 e. The average molecular weight is 272 g/mol. The Hall–Kier alpha value is -2.56. The Morgan fingerprint density at radius 1 is 1.25 bits per heavy atom. The van der Waals surface area contributed by atoms with Crippen molar-refractivity contribution < 1.29 is 14.6 Å². The van der Waals surface area contributed by atoms with Crippen molar-refractivity contribution in [2.24, 2.45) is 0 Å². The van der Waals surface area contributed by atoms with E-state index < -0.39 is 5.97 Å². The molecule has 2 rings (SSSR count). The van der Waals surface area contributed by atoms with E-state index in [1.807, 2.05) is 30.3 Å². The number of nitrogens with zero attached hydrogens (tertiary/aromatic N) is 1. The standard InChI is InChI=1S/C15H16N2O3/c18-15(19)14-11-12(7-9-17-14)16-8-4-10-20-13-5-2-1-3-6-13/h1-3,5-7,9,11H,4,8,10H2,(H,16,17)(H,18,19). The summed E-state index contributed by atoms with van der Waals surface area (Å²) >= 11 is 0. The Bertz CT molecular complexity index is 558. The molecule has 0 saturated carbocycles. The first-order valence-electron chi connectivity index (χ1n) is 6.37. The maximum absolute atomic E-state index is 10.8. The molecule has 0 amide bonds. The van der Waals surface area contributed by atoms with Gasteiger partial charge in [-0.25, -0.2) is 9.78 Å². The number of benzene rings is 1. The lowest BCUT2D eigenvalue weighted by atomic mass is 10.3. The minimum absolute atomic E-state index is 0.0375. The molecule has 20 heavy (non-hydrogen) atoms. The van der Waals surface area contributed by atoms with E-state index in [1.165, 1.54) is 12.3 Å². The van der Waals surface area contributed by atoms with Gasteiger partial charge in [-0.2, -0.15) is 0 Å². The van der Waals surface area contributed by atoms with Gasteiger partial charge in [-0.3, -0.25) is 0 Å². The summed E-state index contributed by atoms with van der Waals surface area (Å²) in [6, 6.07) is 12.9. The SMILES string of the molecule is O=C(O)c1cc(NCCCOc2ccccc2)ccn1. The van der Waals surface area contributed by atoms with E-state index in [-0.39, 0.29) is 5.69 Å². The zero-order valence-electron chi connectivity index (χ0n) is 11.0. The van der Waals surface area contributed by atoms with Gasteiger partial charge in [0.2, 0.25) is 0 Å². The fourth-order valence-electron chi connectivity index (χ4n) is 1.67. The Kier molecular flexibility index (Phi) is 4.94. The van der Waals surface area contributed by atoms with Gasteiger partial charge >= 0.3 is 5.97 Å². The number of pyridine rings is 1. The number of aromatic nitrogens is 1. The summed E-state index contributed by atoms with van der Waals surface area (Å²) in [5.74, 6) is -0.175. The third-order valence-electron chi connectivity index (χ3n) is 2.64. The molecule has 0 aliphatic heterocycles. The Labute approximate surface area is 117 Å². The van der Waals surface area contributed by atoms with E-state index in [0.717, 1.165) is 17.9 Å². The fourth-order valence-corrected chi connectivity index (χ4v) is 1.67. The van der Waals surface area contributed by atoms with Gasteiger partial charge in [0.1, 0.15) is 11.4 Å².